The van der Waals surface area contributed by atoms with E-state index in [-0.39, 0.29) is 24.0 Å². The Labute approximate surface area is 173 Å². The number of likely N-dealkylation sites (tertiary alicyclic amines) is 1. The Bertz CT molecular complexity index is 523. The summed E-state index contributed by atoms with van der Waals surface area (Å²) in [7, 11) is 1.72. The third-order valence-electron chi connectivity index (χ3n) is 4.36. The minimum absolute atomic E-state index is 0. The van der Waals surface area contributed by atoms with Crippen molar-refractivity contribution in [3.05, 3.63) is 17.3 Å². The highest BCUT2D eigenvalue weighted by Gasteiger charge is 2.22. The average molecular weight is 480 g/mol. The molecule has 1 fully saturated rings. The molecule has 0 atom stereocenters. The highest BCUT2D eigenvalue weighted by atomic mass is 127. The quantitative estimate of drug-likeness (QED) is 0.267. The number of hydrogen-bond donors (Lipinski definition) is 1. The van der Waals surface area contributed by atoms with Crippen LogP contribution in [0, 0.1) is 13.8 Å². The fraction of sp³-hybridized carbons (Fsp3) is 0.778. The normalized spacial score (nSPS) is 15.8. The largest absolute Gasteiger partial charge is 0.444 e. The fourth-order valence-corrected chi connectivity index (χ4v) is 2.86. The molecule has 1 saturated heterocycles. The van der Waals surface area contributed by atoms with Gasteiger partial charge in [0.05, 0.1) is 11.8 Å². The van der Waals surface area contributed by atoms with Gasteiger partial charge >= 0.3 is 0 Å². The predicted molar refractivity (Wildman–Crippen MR) is 113 cm³/mol. The molecule has 150 valence electrons. The fourth-order valence-electron chi connectivity index (χ4n) is 2.86. The Morgan fingerprint density at radius 3 is 2.62 bits per heavy atom. The average Bonchev–Trinajstić information content (AvgIpc) is 2.94. The first-order valence-corrected chi connectivity index (χ1v) is 9.20. The van der Waals surface area contributed by atoms with Crippen molar-refractivity contribution in [1.82, 2.24) is 15.2 Å². The van der Waals surface area contributed by atoms with Crippen LogP contribution in [0.2, 0.25) is 0 Å². The van der Waals surface area contributed by atoms with Crippen LogP contribution in [0.5, 0.6) is 0 Å². The monoisotopic (exact) mass is 480 g/mol. The zero-order valence-corrected chi connectivity index (χ0v) is 18.7. The van der Waals surface area contributed by atoms with E-state index in [4.69, 9.17) is 18.9 Å². The van der Waals surface area contributed by atoms with Crippen molar-refractivity contribution in [1.29, 1.82) is 0 Å². The van der Waals surface area contributed by atoms with Crippen molar-refractivity contribution in [3.63, 3.8) is 0 Å². The minimum Gasteiger partial charge on any atom is -0.444 e. The molecule has 0 spiro atoms. The van der Waals surface area contributed by atoms with E-state index in [1.165, 1.54) is 0 Å². The topological polar surface area (TPSA) is 72.1 Å². The van der Waals surface area contributed by atoms with Crippen molar-refractivity contribution < 1.29 is 13.9 Å². The number of piperidine rings is 1. The Balaban J connectivity index is 0.00000338. The van der Waals surface area contributed by atoms with Crippen molar-refractivity contribution in [2.45, 2.75) is 52.7 Å². The van der Waals surface area contributed by atoms with Crippen molar-refractivity contribution >= 4 is 29.9 Å². The molecule has 2 rings (SSSR count). The molecule has 0 unspecified atom stereocenters. The molecular weight excluding hydrogens is 447 g/mol. The predicted octanol–water partition coefficient (Wildman–Crippen LogP) is 2.89. The van der Waals surface area contributed by atoms with E-state index in [0.717, 1.165) is 69.5 Å². The molecule has 1 aromatic heterocycles. The van der Waals surface area contributed by atoms with Gasteiger partial charge in [0.1, 0.15) is 12.3 Å². The molecule has 0 bridgehead atoms. The highest BCUT2D eigenvalue weighted by Crippen LogP contribution is 2.15. The molecule has 1 aliphatic heterocycles. The summed E-state index contributed by atoms with van der Waals surface area (Å²) in [6.07, 6.45) is 3.34. The maximum Gasteiger partial charge on any atom is 0.216 e. The zero-order valence-electron chi connectivity index (χ0n) is 16.4. The van der Waals surface area contributed by atoms with Gasteiger partial charge in [0.25, 0.3) is 0 Å². The Morgan fingerprint density at radius 1 is 1.31 bits per heavy atom. The van der Waals surface area contributed by atoms with E-state index in [1.54, 1.807) is 7.11 Å². The summed E-state index contributed by atoms with van der Waals surface area (Å²) >= 11 is 0. The van der Waals surface area contributed by atoms with E-state index in [1.807, 2.05) is 13.8 Å². The lowest BCUT2D eigenvalue weighted by Gasteiger charge is -2.34. The molecule has 8 heteroatoms. The van der Waals surface area contributed by atoms with E-state index in [0.29, 0.717) is 18.5 Å². The lowest BCUT2D eigenvalue weighted by atomic mass is 10.1. The number of methoxy groups -OCH3 is 1. The van der Waals surface area contributed by atoms with Gasteiger partial charge in [0, 0.05) is 40.0 Å². The van der Waals surface area contributed by atoms with Gasteiger partial charge in [0.2, 0.25) is 5.89 Å². The van der Waals surface area contributed by atoms with Crippen LogP contribution in [0.25, 0.3) is 0 Å². The summed E-state index contributed by atoms with van der Waals surface area (Å²) in [5, 5.41) is 3.37. The molecule has 1 aliphatic rings. The second-order valence-corrected chi connectivity index (χ2v) is 6.32. The second-order valence-electron chi connectivity index (χ2n) is 6.32. The Hall–Kier alpha value is -0.870. The van der Waals surface area contributed by atoms with Crippen molar-refractivity contribution in [3.8, 4) is 0 Å². The molecule has 1 N–H and O–H groups in total. The number of aromatic nitrogens is 1. The summed E-state index contributed by atoms with van der Waals surface area (Å²) in [5.41, 5.74) is 0.932. The molecule has 0 aliphatic carbocycles. The number of aliphatic imine (C=N–C) groups is 1. The number of nitrogens with one attached hydrogen (secondary N) is 1. The number of nitrogens with zero attached hydrogens (tertiary/aromatic N) is 3. The third kappa shape index (κ3) is 7.40. The molecule has 0 aromatic carbocycles. The van der Waals surface area contributed by atoms with E-state index in [9.17, 15) is 0 Å². The molecule has 0 radical (unpaired) electrons. The number of guanidine groups is 1. The SMILES string of the molecule is CCNC(=NCc1nc(C)c(C)o1)N1CCC(OCCCOC)CC1.I. The number of halogens is 1. The van der Waals surface area contributed by atoms with Crippen LogP contribution >= 0.6 is 24.0 Å². The molecule has 0 saturated carbocycles. The van der Waals surface area contributed by atoms with Gasteiger partial charge in [-0.2, -0.15) is 0 Å². The molecule has 0 amide bonds. The summed E-state index contributed by atoms with van der Waals surface area (Å²) in [5.74, 6) is 2.46. The molecule has 26 heavy (non-hydrogen) atoms. The number of rotatable bonds is 8. The Kier molecular flexibility index (Phi) is 11.1. The van der Waals surface area contributed by atoms with Gasteiger partial charge in [-0.25, -0.2) is 9.98 Å². The van der Waals surface area contributed by atoms with Crippen LogP contribution in [-0.4, -0.2) is 61.9 Å². The zero-order chi connectivity index (χ0) is 18.1. The summed E-state index contributed by atoms with van der Waals surface area (Å²) in [6.45, 7) is 10.7. The summed E-state index contributed by atoms with van der Waals surface area (Å²) in [6, 6.07) is 0. The van der Waals surface area contributed by atoms with Crippen LogP contribution in [-0.2, 0) is 16.0 Å². The van der Waals surface area contributed by atoms with Crippen LogP contribution in [0.3, 0.4) is 0 Å². The molecule has 1 aromatic rings. The number of ether oxygens (including phenoxy) is 2. The van der Waals surface area contributed by atoms with E-state index < -0.39 is 0 Å². The van der Waals surface area contributed by atoms with Crippen LogP contribution in [0.1, 0.15) is 43.5 Å². The third-order valence-corrected chi connectivity index (χ3v) is 4.36. The van der Waals surface area contributed by atoms with E-state index in [2.05, 4.69) is 22.1 Å². The van der Waals surface area contributed by atoms with Gasteiger partial charge in [-0.15, -0.1) is 24.0 Å². The summed E-state index contributed by atoms with van der Waals surface area (Å²) in [4.78, 5) is 11.4. The lowest BCUT2D eigenvalue weighted by molar-refractivity contribution is 0.00989. The van der Waals surface area contributed by atoms with Crippen molar-refractivity contribution in [2.24, 2.45) is 4.99 Å². The smallest absolute Gasteiger partial charge is 0.216 e. The van der Waals surface area contributed by atoms with E-state index >= 15 is 0 Å². The summed E-state index contributed by atoms with van der Waals surface area (Å²) < 4.78 is 16.6. The van der Waals surface area contributed by atoms with Crippen LogP contribution in [0.4, 0.5) is 0 Å². The Morgan fingerprint density at radius 2 is 2.04 bits per heavy atom. The number of aryl methyl sites for hydroxylation is 2. The van der Waals surface area contributed by atoms with Gasteiger partial charge < -0.3 is 24.1 Å². The van der Waals surface area contributed by atoms with Gasteiger partial charge in [-0.05, 0) is 40.0 Å². The maximum atomic E-state index is 5.93. The first kappa shape index (κ1) is 23.2. The van der Waals surface area contributed by atoms with Gasteiger partial charge in [0.15, 0.2) is 5.96 Å². The molecule has 7 nitrogen and oxygen atoms in total. The first-order chi connectivity index (χ1) is 12.1. The van der Waals surface area contributed by atoms with Crippen LogP contribution < -0.4 is 5.32 Å². The minimum atomic E-state index is 0. The standard InChI is InChI=1S/C18H32N4O3.HI/c1-5-19-18(20-13-17-21-14(2)15(3)25-17)22-9-7-16(8-10-22)24-12-6-11-23-4;/h16H,5-13H2,1-4H3,(H,19,20);1H. The number of hydrogen-bond acceptors (Lipinski definition) is 5. The highest BCUT2D eigenvalue weighted by molar-refractivity contribution is 14.0. The second kappa shape index (κ2) is 12.5. The number of oxazole rings is 1. The molecule has 2 heterocycles. The maximum absolute atomic E-state index is 5.93. The van der Waals surface area contributed by atoms with Gasteiger partial charge in [-0.1, -0.05) is 0 Å². The van der Waals surface area contributed by atoms with Crippen LogP contribution in [0.15, 0.2) is 9.41 Å². The first-order valence-electron chi connectivity index (χ1n) is 9.20. The van der Waals surface area contributed by atoms with Crippen molar-refractivity contribution in [2.75, 3.05) is 40.0 Å². The van der Waals surface area contributed by atoms with Gasteiger partial charge in [-0.3, -0.25) is 0 Å². The lowest BCUT2D eigenvalue weighted by Crippen LogP contribution is -2.47. The molecular formula is C18H33IN4O3.